The van der Waals surface area contributed by atoms with Crippen molar-refractivity contribution in [2.45, 2.75) is 67.0 Å². The Balaban J connectivity index is 0.00000127. The Labute approximate surface area is 139 Å². The minimum Gasteiger partial charge on any atom is -0.444 e. The van der Waals surface area contributed by atoms with Crippen LogP contribution in [0.2, 0.25) is 0 Å². The van der Waals surface area contributed by atoms with Crippen LogP contribution in [-0.2, 0) is 17.7 Å². The normalized spacial score (nSPS) is 10.9. The number of hydrogen-bond donors (Lipinski definition) is 2. The maximum atomic E-state index is 11.7. The molecule has 1 aromatic heterocycles. The zero-order valence-electron chi connectivity index (χ0n) is 15.5. The lowest BCUT2D eigenvalue weighted by Crippen LogP contribution is -2.32. The van der Waals surface area contributed by atoms with Gasteiger partial charge in [-0.25, -0.2) is 4.79 Å². The summed E-state index contributed by atoms with van der Waals surface area (Å²) in [5.41, 5.74) is 4.26. The number of aromatic nitrogens is 1. The highest BCUT2D eigenvalue weighted by atomic mass is 16.6. The highest BCUT2D eigenvalue weighted by Crippen LogP contribution is 2.21. The topological polar surface area (TPSA) is 54.1 Å². The van der Waals surface area contributed by atoms with Gasteiger partial charge in [0, 0.05) is 11.2 Å². The molecule has 0 fully saturated rings. The highest BCUT2D eigenvalue weighted by molar-refractivity contribution is 5.82. The summed E-state index contributed by atoms with van der Waals surface area (Å²) in [4.78, 5) is 15.0. The second kappa shape index (κ2) is 8.04. The number of carbonyl (C=O) groups is 1. The molecular weight excluding hydrogens is 288 g/mol. The van der Waals surface area contributed by atoms with Gasteiger partial charge >= 0.3 is 6.09 Å². The maximum absolute atomic E-state index is 11.7. The molecule has 4 nitrogen and oxygen atoms in total. The molecule has 0 radical (unpaired) electrons. The quantitative estimate of drug-likeness (QED) is 0.828. The van der Waals surface area contributed by atoms with Crippen LogP contribution in [0.3, 0.4) is 0 Å². The van der Waals surface area contributed by atoms with Crippen LogP contribution in [0.25, 0.3) is 10.9 Å². The standard InChI is InChI=1S/C17H24N2O2.C2H6/c1-6-12-9-15-13(7-11(12)2)8-14(19-15)10-18-16(20)21-17(3,4)5;1-2/h7-9,19H,6,10H2,1-5H3,(H,18,20);1-2H3. The summed E-state index contributed by atoms with van der Waals surface area (Å²) >= 11 is 0. The number of carbonyl (C=O) groups excluding carboxylic acids is 1. The number of aromatic amines is 1. The zero-order valence-corrected chi connectivity index (χ0v) is 15.5. The van der Waals surface area contributed by atoms with Crippen LogP contribution >= 0.6 is 0 Å². The fourth-order valence-electron chi connectivity index (χ4n) is 2.36. The Morgan fingerprint density at radius 2 is 1.87 bits per heavy atom. The number of nitrogens with one attached hydrogen (secondary N) is 2. The third-order valence-corrected chi connectivity index (χ3v) is 3.34. The van der Waals surface area contributed by atoms with Crippen molar-refractivity contribution < 1.29 is 9.53 Å². The molecule has 1 heterocycles. The first-order chi connectivity index (χ1) is 10.8. The van der Waals surface area contributed by atoms with Crippen LogP contribution in [0.4, 0.5) is 4.79 Å². The molecule has 0 spiro atoms. The molecule has 23 heavy (non-hydrogen) atoms. The third-order valence-electron chi connectivity index (χ3n) is 3.34. The fourth-order valence-corrected chi connectivity index (χ4v) is 2.36. The van der Waals surface area contributed by atoms with Gasteiger partial charge in [-0.15, -0.1) is 0 Å². The predicted octanol–water partition coefficient (Wildman–Crippen LogP) is 5.09. The third kappa shape index (κ3) is 5.62. The van der Waals surface area contributed by atoms with E-state index in [-0.39, 0.29) is 0 Å². The number of H-pyrrole nitrogens is 1. The van der Waals surface area contributed by atoms with Crippen molar-refractivity contribution in [2.75, 3.05) is 0 Å². The van der Waals surface area contributed by atoms with E-state index in [4.69, 9.17) is 4.74 Å². The van der Waals surface area contributed by atoms with Gasteiger partial charge in [0.25, 0.3) is 0 Å². The van der Waals surface area contributed by atoms with Crippen LogP contribution in [0.5, 0.6) is 0 Å². The van der Waals surface area contributed by atoms with E-state index >= 15 is 0 Å². The molecule has 0 aliphatic heterocycles. The molecule has 4 heteroatoms. The Morgan fingerprint density at radius 3 is 2.43 bits per heavy atom. The Kier molecular flexibility index (Phi) is 6.67. The first kappa shape index (κ1) is 19.1. The number of aryl methyl sites for hydroxylation is 2. The molecule has 128 valence electrons. The number of hydrogen-bond acceptors (Lipinski definition) is 2. The van der Waals surface area contributed by atoms with Gasteiger partial charge in [0.2, 0.25) is 0 Å². The van der Waals surface area contributed by atoms with Gasteiger partial charge in [0.1, 0.15) is 5.60 Å². The largest absolute Gasteiger partial charge is 0.444 e. The maximum Gasteiger partial charge on any atom is 0.407 e. The molecule has 0 atom stereocenters. The van der Waals surface area contributed by atoms with Crippen molar-refractivity contribution in [1.29, 1.82) is 0 Å². The van der Waals surface area contributed by atoms with Crippen LogP contribution < -0.4 is 5.32 Å². The number of ether oxygens (including phenoxy) is 1. The molecule has 0 saturated heterocycles. The molecule has 0 aliphatic rings. The van der Waals surface area contributed by atoms with Crippen molar-refractivity contribution in [3.63, 3.8) is 0 Å². The van der Waals surface area contributed by atoms with E-state index in [1.807, 2.05) is 34.6 Å². The summed E-state index contributed by atoms with van der Waals surface area (Å²) in [6.45, 7) is 14.3. The van der Waals surface area contributed by atoms with Gasteiger partial charge in [0.05, 0.1) is 6.54 Å². The van der Waals surface area contributed by atoms with Gasteiger partial charge in [-0.3, -0.25) is 0 Å². The summed E-state index contributed by atoms with van der Waals surface area (Å²) in [7, 11) is 0. The van der Waals surface area contributed by atoms with E-state index in [1.54, 1.807) is 0 Å². The van der Waals surface area contributed by atoms with Crippen LogP contribution in [0.1, 0.15) is 58.4 Å². The molecule has 2 rings (SSSR count). The van der Waals surface area contributed by atoms with Crippen LogP contribution in [0, 0.1) is 6.92 Å². The summed E-state index contributed by atoms with van der Waals surface area (Å²) in [5.74, 6) is 0. The Bertz CT molecular complexity index is 651. The summed E-state index contributed by atoms with van der Waals surface area (Å²) < 4.78 is 5.23. The monoisotopic (exact) mass is 318 g/mol. The van der Waals surface area contributed by atoms with Crippen molar-refractivity contribution in [2.24, 2.45) is 0 Å². The highest BCUT2D eigenvalue weighted by Gasteiger charge is 2.16. The lowest BCUT2D eigenvalue weighted by atomic mass is 10.0. The van der Waals surface area contributed by atoms with E-state index in [0.717, 1.165) is 17.6 Å². The number of amides is 1. The predicted molar refractivity (Wildman–Crippen MR) is 96.8 cm³/mol. The molecule has 0 unspecified atom stereocenters. The fraction of sp³-hybridized carbons (Fsp3) is 0.526. The van der Waals surface area contributed by atoms with Gasteiger partial charge in [0.15, 0.2) is 0 Å². The van der Waals surface area contributed by atoms with Gasteiger partial charge in [-0.2, -0.15) is 0 Å². The Morgan fingerprint density at radius 1 is 1.22 bits per heavy atom. The van der Waals surface area contributed by atoms with Gasteiger partial charge < -0.3 is 15.0 Å². The van der Waals surface area contributed by atoms with E-state index < -0.39 is 11.7 Å². The number of rotatable bonds is 3. The van der Waals surface area contributed by atoms with Gasteiger partial charge in [-0.1, -0.05) is 20.8 Å². The molecule has 1 aromatic carbocycles. The summed E-state index contributed by atoms with van der Waals surface area (Å²) in [6.07, 6.45) is 0.623. The van der Waals surface area contributed by atoms with Crippen molar-refractivity contribution in [3.8, 4) is 0 Å². The van der Waals surface area contributed by atoms with Crippen molar-refractivity contribution in [3.05, 3.63) is 35.0 Å². The van der Waals surface area contributed by atoms with Crippen molar-refractivity contribution >= 4 is 17.0 Å². The van der Waals surface area contributed by atoms with E-state index in [0.29, 0.717) is 6.54 Å². The average molecular weight is 318 g/mol. The number of alkyl carbamates (subject to hydrolysis) is 1. The van der Waals surface area contributed by atoms with E-state index in [9.17, 15) is 4.79 Å². The Hall–Kier alpha value is -1.97. The van der Waals surface area contributed by atoms with Crippen LogP contribution in [0.15, 0.2) is 18.2 Å². The molecular formula is C19H30N2O2. The number of benzene rings is 1. The average Bonchev–Trinajstić information content (AvgIpc) is 2.86. The second-order valence-corrected chi connectivity index (χ2v) is 6.37. The SMILES string of the molecule is CC.CCc1cc2[nH]c(CNC(=O)OC(C)(C)C)cc2cc1C. The molecule has 0 saturated carbocycles. The molecule has 0 bridgehead atoms. The van der Waals surface area contributed by atoms with E-state index in [1.165, 1.54) is 16.5 Å². The first-order valence-corrected chi connectivity index (χ1v) is 8.36. The molecule has 1 amide bonds. The molecule has 2 aromatic rings. The first-order valence-electron chi connectivity index (χ1n) is 8.36. The molecule has 0 aliphatic carbocycles. The van der Waals surface area contributed by atoms with E-state index in [2.05, 4.69) is 42.3 Å². The summed E-state index contributed by atoms with van der Waals surface area (Å²) in [5, 5.41) is 3.94. The smallest absolute Gasteiger partial charge is 0.407 e. The molecule has 2 N–H and O–H groups in total. The van der Waals surface area contributed by atoms with Gasteiger partial charge in [-0.05, 0) is 68.8 Å². The van der Waals surface area contributed by atoms with Crippen LogP contribution in [-0.4, -0.2) is 16.7 Å². The minimum atomic E-state index is -0.475. The zero-order chi connectivity index (χ0) is 17.6. The summed E-state index contributed by atoms with van der Waals surface area (Å²) in [6, 6.07) is 6.43. The number of fused-ring (bicyclic) bond motifs is 1. The van der Waals surface area contributed by atoms with Crippen molar-refractivity contribution in [1.82, 2.24) is 10.3 Å². The lowest BCUT2D eigenvalue weighted by Gasteiger charge is -2.19. The lowest BCUT2D eigenvalue weighted by molar-refractivity contribution is 0.0523. The second-order valence-electron chi connectivity index (χ2n) is 6.37. The minimum absolute atomic E-state index is 0.397.